The zero-order chi connectivity index (χ0) is 11.5. The Balaban J connectivity index is 2.10. The van der Waals surface area contributed by atoms with Crippen molar-refractivity contribution < 1.29 is 9.32 Å². The maximum absolute atomic E-state index is 11.3. The Morgan fingerprint density at radius 3 is 2.56 bits per heavy atom. The summed E-state index contributed by atoms with van der Waals surface area (Å²) in [5.74, 6) is 1.84. The lowest BCUT2D eigenvalue weighted by Gasteiger charge is -2.32. The van der Waals surface area contributed by atoms with Gasteiger partial charge in [0.25, 0.3) is 0 Å². The summed E-state index contributed by atoms with van der Waals surface area (Å²) in [7, 11) is -0.643. The lowest BCUT2D eigenvalue weighted by molar-refractivity contribution is 0.227. The van der Waals surface area contributed by atoms with E-state index < -0.39 is 10.8 Å². The maximum atomic E-state index is 11.3. The van der Waals surface area contributed by atoms with Gasteiger partial charge in [0.15, 0.2) is 0 Å². The quantitative estimate of drug-likeness (QED) is 0.850. The van der Waals surface area contributed by atoms with Crippen LogP contribution >= 0.6 is 0 Å². The molecule has 1 aliphatic heterocycles. The fourth-order valence-electron chi connectivity index (χ4n) is 2.08. The van der Waals surface area contributed by atoms with Crippen molar-refractivity contribution in [2.75, 3.05) is 24.6 Å². The predicted molar refractivity (Wildman–Crippen MR) is 66.0 cm³/mol. The van der Waals surface area contributed by atoms with E-state index in [2.05, 4.69) is 11.8 Å². The lowest BCUT2D eigenvalue weighted by Crippen LogP contribution is -2.39. The van der Waals surface area contributed by atoms with Crippen molar-refractivity contribution in [3.05, 3.63) is 29.8 Å². The number of phenolic OH excluding ortho intramolecular Hbond substituents is 1. The molecule has 1 saturated heterocycles. The van der Waals surface area contributed by atoms with Crippen molar-refractivity contribution >= 4 is 10.8 Å². The molecule has 1 atom stereocenters. The van der Waals surface area contributed by atoms with E-state index in [-0.39, 0.29) is 6.04 Å². The average molecular weight is 239 g/mol. The van der Waals surface area contributed by atoms with Gasteiger partial charge in [-0.25, -0.2) is 0 Å². The molecule has 0 aromatic heterocycles. The highest BCUT2D eigenvalue weighted by atomic mass is 32.2. The summed E-state index contributed by atoms with van der Waals surface area (Å²) in [5.41, 5.74) is 0.954. The van der Waals surface area contributed by atoms with Crippen LogP contribution in [0.1, 0.15) is 18.5 Å². The van der Waals surface area contributed by atoms with E-state index in [1.54, 1.807) is 6.07 Å². The highest BCUT2D eigenvalue weighted by molar-refractivity contribution is 7.85. The first-order valence-electron chi connectivity index (χ1n) is 5.55. The van der Waals surface area contributed by atoms with Crippen LogP contribution in [0.2, 0.25) is 0 Å². The zero-order valence-corrected chi connectivity index (χ0v) is 10.2. The molecule has 88 valence electrons. The topological polar surface area (TPSA) is 40.5 Å². The van der Waals surface area contributed by atoms with E-state index in [9.17, 15) is 9.32 Å². The molecule has 1 unspecified atom stereocenters. The van der Waals surface area contributed by atoms with Crippen molar-refractivity contribution in [3.8, 4) is 5.75 Å². The minimum Gasteiger partial charge on any atom is -0.508 e. The minimum absolute atomic E-state index is 0.193. The van der Waals surface area contributed by atoms with Crippen LogP contribution in [0.3, 0.4) is 0 Å². The van der Waals surface area contributed by atoms with E-state index in [0.717, 1.165) is 30.2 Å². The number of phenols is 1. The first kappa shape index (κ1) is 11.6. The first-order valence-corrected chi connectivity index (χ1v) is 7.04. The third kappa shape index (κ3) is 2.44. The van der Waals surface area contributed by atoms with Gasteiger partial charge in [0.1, 0.15) is 5.75 Å². The van der Waals surface area contributed by atoms with Crippen LogP contribution in [-0.2, 0) is 10.8 Å². The van der Waals surface area contributed by atoms with Gasteiger partial charge in [-0.15, -0.1) is 0 Å². The second-order valence-electron chi connectivity index (χ2n) is 4.12. The van der Waals surface area contributed by atoms with Gasteiger partial charge >= 0.3 is 0 Å². The highest BCUT2D eigenvalue weighted by Crippen LogP contribution is 2.28. The molecule has 1 aliphatic rings. The van der Waals surface area contributed by atoms with Gasteiger partial charge in [-0.3, -0.25) is 9.11 Å². The summed E-state index contributed by atoms with van der Waals surface area (Å²) in [5, 5.41) is 9.78. The number of nitrogens with zero attached hydrogens (tertiary/aromatic N) is 1. The Hall–Kier alpha value is -0.870. The van der Waals surface area contributed by atoms with E-state index in [4.69, 9.17) is 0 Å². The van der Waals surface area contributed by atoms with Gasteiger partial charge in [-0.05, 0) is 13.0 Å². The van der Waals surface area contributed by atoms with Gasteiger partial charge in [-0.1, -0.05) is 18.2 Å². The largest absolute Gasteiger partial charge is 0.508 e. The van der Waals surface area contributed by atoms with Gasteiger partial charge in [0, 0.05) is 47.0 Å². The number of hydrogen-bond acceptors (Lipinski definition) is 3. The summed E-state index contributed by atoms with van der Waals surface area (Å²) in [6.07, 6.45) is 0. The third-order valence-electron chi connectivity index (χ3n) is 3.15. The Labute approximate surface area is 98.5 Å². The van der Waals surface area contributed by atoms with Crippen molar-refractivity contribution in [3.63, 3.8) is 0 Å². The molecule has 1 heterocycles. The SMILES string of the molecule is CC(c1ccccc1O)N1CCS(=O)CC1. The monoisotopic (exact) mass is 239 g/mol. The van der Waals surface area contributed by atoms with Crippen LogP contribution < -0.4 is 0 Å². The van der Waals surface area contributed by atoms with Gasteiger partial charge < -0.3 is 5.11 Å². The van der Waals surface area contributed by atoms with Crippen molar-refractivity contribution in [2.24, 2.45) is 0 Å². The van der Waals surface area contributed by atoms with Gasteiger partial charge in [-0.2, -0.15) is 0 Å². The highest BCUT2D eigenvalue weighted by Gasteiger charge is 2.22. The smallest absolute Gasteiger partial charge is 0.120 e. The molecule has 0 saturated carbocycles. The fourth-order valence-corrected chi connectivity index (χ4v) is 3.16. The Kier molecular flexibility index (Phi) is 3.61. The predicted octanol–water partition coefficient (Wildman–Crippen LogP) is 1.52. The number of aromatic hydroxyl groups is 1. The molecule has 1 aromatic rings. The molecular weight excluding hydrogens is 222 g/mol. The van der Waals surface area contributed by atoms with Crippen LogP contribution in [0.4, 0.5) is 0 Å². The number of rotatable bonds is 2. The summed E-state index contributed by atoms with van der Waals surface area (Å²) in [6, 6.07) is 7.63. The summed E-state index contributed by atoms with van der Waals surface area (Å²) >= 11 is 0. The second-order valence-corrected chi connectivity index (χ2v) is 5.81. The van der Waals surface area contributed by atoms with Crippen molar-refractivity contribution in [1.29, 1.82) is 0 Å². The minimum atomic E-state index is -0.643. The number of benzene rings is 1. The first-order chi connectivity index (χ1) is 7.68. The molecule has 0 spiro atoms. The normalized spacial score (nSPS) is 20.8. The van der Waals surface area contributed by atoms with Gasteiger partial charge in [0.2, 0.25) is 0 Å². The molecule has 2 rings (SSSR count). The van der Waals surface area contributed by atoms with E-state index in [1.807, 2.05) is 18.2 Å². The molecule has 3 nitrogen and oxygen atoms in total. The molecule has 4 heteroatoms. The fraction of sp³-hybridized carbons (Fsp3) is 0.500. The van der Waals surface area contributed by atoms with Crippen molar-refractivity contribution in [2.45, 2.75) is 13.0 Å². The zero-order valence-electron chi connectivity index (χ0n) is 9.43. The Morgan fingerprint density at radius 2 is 1.94 bits per heavy atom. The lowest BCUT2D eigenvalue weighted by atomic mass is 10.1. The van der Waals surface area contributed by atoms with Crippen LogP contribution in [0.15, 0.2) is 24.3 Å². The summed E-state index contributed by atoms with van der Waals surface area (Å²) in [4.78, 5) is 2.27. The molecule has 16 heavy (non-hydrogen) atoms. The molecular formula is C12H17NO2S. The molecule has 0 aliphatic carbocycles. The molecule has 0 bridgehead atoms. The van der Waals surface area contributed by atoms with Crippen LogP contribution in [-0.4, -0.2) is 38.8 Å². The van der Waals surface area contributed by atoms with Crippen LogP contribution in [0.25, 0.3) is 0 Å². The molecule has 0 radical (unpaired) electrons. The van der Waals surface area contributed by atoms with E-state index >= 15 is 0 Å². The number of hydrogen-bond donors (Lipinski definition) is 1. The Morgan fingerprint density at radius 1 is 1.31 bits per heavy atom. The molecule has 0 amide bonds. The summed E-state index contributed by atoms with van der Waals surface area (Å²) in [6.45, 7) is 3.79. The van der Waals surface area contributed by atoms with Gasteiger partial charge in [0.05, 0.1) is 0 Å². The number of para-hydroxylation sites is 1. The standard InChI is InChI=1S/C12H17NO2S/c1-10(11-4-2-3-5-12(11)14)13-6-8-16(15)9-7-13/h2-5,10,14H,6-9H2,1H3. The second kappa shape index (κ2) is 4.97. The van der Waals surface area contributed by atoms with Crippen molar-refractivity contribution in [1.82, 2.24) is 4.90 Å². The average Bonchev–Trinajstić information content (AvgIpc) is 2.30. The molecule has 1 fully saturated rings. The van der Waals surface area contributed by atoms with Crippen LogP contribution in [0.5, 0.6) is 5.75 Å². The molecule has 1 aromatic carbocycles. The molecule has 1 N–H and O–H groups in total. The van der Waals surface area contributed by atoms with E-state index in [1.165, 1.54) is 0 Å². The maximum Gasteiger partial charge on any atom is 0.120 e. The summed E-state index contributed by atoms with van der Waals surface area (Å²) < 4.78 is 11.3. The van der Waals surface area contributed by atoms with E-state index in [0.29, 0.717) is 5.75 Å². The van der Waals surface area contributed by atoms with Crippen LogP contribution in [0, 0.1) is 0 Å². The Bertz CT molecular complexity index is 384. The third-order valence-corrected chi connectivity index (χ3v) is 4.42.